The predicted octanol–water partition coefficient (Wildman–Crippen LogP) is 2.03. The second kappa shape index (κ2) is 7.10. The van der Waals surface area contributed by atoms with Crippen LogP contribution in [-0.4, -0.2) is 12.5 Å². The van der Waals surface area contributed by atoms with Gasteiger partial charge in [-0.3, -0.25) is 0 Å². The van der Waals surface area contributed by atoms with Crippen molar-refractivity contribution in [2.75, 3.05) is 11.9 Å². The molecule has 2 rings (SSSR count). The first-order valence-corrected chi connectivity index (χ1v) is 7.08. The number of benzene rings is 1. The summed E-state index contributed by atoms with van der Waals surface area (Å²) >= 11 is 5.96. The van der Waals surface area contributed by atoms with Gasteiger partial charge >= 0.3 is 0 Å². The molecule has 0 aliphatic carbocycles. The highest BCUT2D eigenvalue weighted by Crippen LogP contribution is 2.22. The summed E-state index contributed by atoms with van der Waals surface area (Å²) in [6.45, 7) is 0.814. The monoisotopic (exact) mass is 292 g/mol. The Kier molecular flexibility index (Phi) is 5.18. The number of carbonyl (C=O) groups excluding carboxylic acids is 1. The van der Waals surface area contributed by atoms with Gasteiger partial charge in [-0.2, -0.15) is 0 Å². The van der Waals surface area contributed by atoms with Gasteiger partial charge in [-0.25, -0.2) is 4.98 Å². The van der Waals surface area contributed by atoms with E-state index in [9.17, 15) is 9.90 Å². The van der Waals surface area contributed by atoms with Gasteiger partial charge in [0.1, 0.15) is 0 Å². The lowest BCUT2D eigenvalue weighted by Gasteiger charge is -2.07. The van der Waals surface area contributed by atoms with Crippen LogP contribution in [0.4, 0.5) is 5.69 Å². The number of unbranched alkanes of at least 4 members (excludes halogenated alkanes) is 2. The van der Waals surface area contributed by atoms with E-state index in [1.807, 2.05) is 30.5 Å². The van der Waals surface area contributed by atoms with E-state index in [1.165, 1.54) is 0 Å². The van der Waals surface area contributed by atoms with E-state index in [-0.39, 0.29) is 6.42 Å². The summed E-state index contributed by atoms with van der Waals surface area (Å²) in [5.74, 6) is -0.973. The molecule has 0 aliphatic rings. The standard InChI is InChI=1S/C15H17ClN2O2/c16-11-5-6-12-13(7-9-18-14(12)10-11)17-8-3-1-2-4-15(19)20/h5-7,9-10H,1-4,8H2,(H,17,18)(H,19,20). The number of hydrogen-bond donors (Lipinski definition) is 1. The molecular weight excluding hydrogens is 276 g/mol. The maximum atomic E-state index is 10.3. The second-order valence-electron chi connectivity index (χ2n) is 4.69. The summed E-state index contributed by atoms with van der Waals surface area (Å²) < 4.78 is 0. The van der Waals surface area contributed by atoms with Crippen molar-refractivity contribution < 1.29 is 14.9 Å². The fourth-order valence-corrected chi connectivity index (χ4v) is 2.30. The largest absolute Gasteiger partial charge is 0.550 e. The summed E-state index contributed by atoms with van der Waals surface area (Å²) in [5, 5.41) is 15.4. The number of aliphatic carboxylic acids is 1. The Hall–Kier alpha value is -1.81. The first-order chi connectivity index (χ1) is 9.66. The van der Waals surface area contributed by atoms with Crippen molar-refractivity contribution in [3.05, 3.63) is 35.5 Å². The molecular formula is C15H17ClN2O2. The van der Waals surface area contributed by atoms with E-state index in [4.69, 9.17) is 11.6 Å². The third-order valence-electron chi connectivity index (χ3n) is 3.13. The Morgan fingerprint density at radius 2 is 2.10 bits per heavy atom. The molecule has 0 fully saturated rings. The SMILES string of the molecule is O=C([O-])CCCCCNc1cc[nH+]c2cc(Cl)ccc12. The van der Waals surface area contributed by atoms with Crippen molar-refractivity contribution in [1.29, 1.82) is 0 Å². The molecule has 106 valence electrons. The summed E-state index contributed by atoms with van der Waals surface area (Å²) in [6.07, 6.45) is 4.49. The lowest BCUT2D eigenvalue weighted by molar-refractivity contribution is -0.344. The van der Waals surface area contributed by atoms with Crippen LogP contribution in [0.2, 0.25) is 5.02 Å². The van der Waals surface area contributed by atoms with E-state index in [2.05, 4.69) is 10.3 Å². The molecule has 0 unspecified atom stereocenters. The van der Waals surface area contributed by atoms with Gasteiger partial charge in [-0.15, -0.1) is 0 Å². The van der Waals surface area contributed by atoms with Crippen LogP contribution in [0.3, 0.4) is 0 Å². The van der Waals surface area contributed by atoms with Gasteiger partial charge in [0.05, 0.1) is 11.1 Å². The maximum absolute atomic E-state index is 10.3. The number of anilines is 1. The summed E-state index contributed by atoms with van der Waals surface area (Å²) in [7, 11) is 0. The van der Waals surface area contributed by atoms with Crippen LogP contribution in [0.5, 0.6) is 0 Å². The number of H-pyrrole nitrogens is 1. The summed E-state index contributed by atoms with van der Waals surface area (Å²) in [5.41, 5.74) is 2.04. The Labute approximate surface area is 122 Å². The number of aromatic nitrogens is 1. The number of hydrogen-bond acceptors (Lipinski definition) is 3. The number of carbonyl (C=O) groups is 1. The normalized spacial score (nSPS) is 10.7. The number of rotatable bonds is 7. The van der Waals surface area contributed by atoms with E-state index in [0.717, 1.165) is 36.0 Å². The van der Waals surface area contributed by atoms with Crippen LogP contribution >= 0.6 is 11.6 Å². The van der Waals surface area contributed by atoms with E-state index in [1.54, 1.807) is 0 Å². The second-order valence-corrected chi connectivity index (χ2v) is 5.13. The third-order valence-corrected chi connectivity index (χ3v) is 3.37. The topological polar surface area (TPSA) is 66.3 Å². The first kappa shape index (κ1) is 14.6. The lowest BCUT2D eigenvalue weighted by Crippen LogP contribution is -2.21. The molecule has 1 aromatic heterocycles. The van der Waals surface area contributed by atoms with Crippen LogP contribution in [-0.2, 0) is 4.79 Å². The van der Waals surface area contributed by atoms with Gasteiger partial charge in [-0.1, -0.05) is 18.0 Å². The number of aromatic amines is 1. The summed E-state index contributed by atoms with van der Waals surface area (Å²) in [6, 6.07) is 7.72. The number of fused-ring (bicyclic) bond motifs is 1. The van der Waals surface area contributed by atoms with Crippen molar-refractivity contribution in [3.8, 4) is 0 Å². The van der Waals surface area contributed by atoms with E-state index in [0.29, 0.717) is 11.4 Å². The Morgan fingerprint density at radius 1 is 1.25 bits per heavy atom. The Balaban J connectivity index is 1.88. The molecule has 1 heterocycles. The number of nitrogens with one attached hydrogen (secondary N) is 2. The van der Waals surface area contributed by atoms with Crippen LogP contribution < -0.4 is 15.4 Å². The minimum atomic E-state index is -0.973. The smallest absolute Gasteiger partial charge is 0.214 e. The van der Waals surface area contributed by atoms with Gasteiger partial charge in [0.2, 0.25) is 5.52 Å². The molecule has 0 saturated heterocycles. The fourth-order valence-electron chi connectivity index (χ4n) is 2.12. The first-order valence-electron chi connectivity index (χ1n) is 6.70. The van der Waals surface area contributed by atoms with Gasteiger partial charge < -0.3 is 15.2 Å². The molecule has 4 nitrogen and oxygen atoms in total. The Morgan fingerprint density at radius 3 is 2.90 bits per heavy atom. The quantitative estimate of drug-likeness (QED) is 0.794. The number of carboxylic acids is 1. The zero-order valence-corrected chi connectivity index (χ0v) is 11.9. The van der Waals surface area contributed by atoms with Crippen molar-refractivity contribution in [1.82, 2.24) is 0 Å². The zero-order chi connectivity index (χ0) is 14.4. The molecule has 2 N–H and O–H groups in total. The molecule has 0 saturated carbocycles. The molecule has 1 aromatic carbocycles. The van der Waals surface area contributed by atoms with E-state index >= 15 is 0 Å². The van der Waals surface area contributed by atoms with Gasteiger partial charge in [0.25, 0.3) is 0 Å². The van der Waals surface area contributed by atoms with E-state index < -0.39 is 5.97 Å². The predicted molar refractivity (Wildman–Crippen MR) is 77.5 cm³/mol. The number of carboxylic acid groups (broad SMARTS) is 1. The van der Waals surface area contributed by atoms with Crippen LogP contribution in [0, 0.1) is 0 Å². The minimum absolute atomic E-state index is 0.141. The van der Waals surface area contributed by atoms with Gasteiger partial charge in [0.15, 0.2) is 6.20 Å². The average Bonchev–Trinajstić information content (AvgIpc) is 2.42. The van der Waals surface area contributed by atoms with Crippen LogP contribution in [0.25, 0.3) is 10.9 Å². The van der Waals surface area contributed by atoms with Crippen molar-refractivity contribution in [2.45, 2.75) is 25.7 Å². The molecule has 0 amide bonds. The molecule has 0 spiro atoms. The molecule has 2 aromatic rings. The highest BCUT2D eigenvalue weighted by Gasteiger charge is 2.06. The van der Waals surface area contributed by atoms with Crippen molar-refractivity contribution in [2.24, 2.45) is 0 Å². The van der Waals surface area contributed by atoms with Crippen LogP contribution in [0.1, 0.15) is 25.7 Å². The zero-order valence-electron chi connectivity index (χ0n) is 11.1. The van der Waals surface area contributed by atoms with Crippen LogP contribution in [0.15, 0.2) is 30.5 Å². The van der Waals surface area contributed by atoms with Gasteiger partial charge in [0, 0.05) is 29.7 Å². The third kappa shape index (κ3) is 4.10. The highest BCUT2D eigenvalue weighted by molar-refractivity contribution is 6.31. The van der Waals surface area contributed by atoms with Gasteiger partial charge in [-0.05, 0) is 31.4 Å². The molecule has 0 bridgehead atoms. The Bertz CT molecular complexity index is 601. The van der Waals surface area contributed by atoms with Crippen molar-refractivity contribution in [3.63, 3.8) is 0 Å². The molecule has 5 heteroatoms. The number of pyridine rings is 1. The molecule has 0 radical (unpaired) electrons. The fraction of sp³-hybridized carbons (Fsp3) is 0.333. The molecule has 0 aliphatic heterocycles. The minimum Gasteiger partial charge on any atom is -0.550 e. The maximum Gasteiger partial charge on any atom is 0.214 e. The summed E-state index contributed by atoms with van der Waals surface area (Å²) in [4.78, 5) is 13.4. The molecule has 20 heavy (non-hydrogen) atoms. The molecule has 0 atom stereocenters. The van der Waals surface area contributed by atoms with Crippen molar-refractivity contribution >= 4 is 34.2 Å². The number of halogens is 1. The highest BCUT2D eigenvalue weighted by atomic mass is 35.5. The average molecular weight is 293 g/mol. The lowest BCUT2D eigenvalue weighted by atomic mass is 10.1.